The maximum absolute atomic E-state index is 12.2. The maximum Gasteiger partial charge on any atom is 0.268 e. The van der Waals surface area contributed by atoms with Crippen molar-refractivity contribution in [3.63, 3.8) is 0 Å². The maximum atomic E-state index is 12.2. The van der Waals surface area contributed by atoms with Crippen molar-refractivity contribution in [2.24, 2.45) is 7.05 Å². The van der Waals surface area contributed by atoms with Gasteiger partial charge in [0.25, 0.3) is 5.91 Å². The number of amides is 2. The molecule has 2 amide bonds. The van der Waals surface area contributed by atoms with E-state index in [0.717, 1.165) is 16.8 Å². The Bertz CT molecular complexity index is 910. The van der Waals surface area contributed by atoms with E-state index in [1.165, 1.54) is 0 Å². The third-order valence-corrected chi connectivity index (χ3v) is 3.93. The summed E-state index contributed by atoms with van der Waals surface area (Å²) in [4.78, 5) is 24.2. The van der Waals surface area contributed by atoms with Gasteiger partial charge in [-0.3, -0.25) is 9.59 Å². The highest BCUT2D eigenvalue weighted by Gasteiger charge is 2.15. The second-order valence-corrected chi connectivity index (χ2v) is 5.57. The smallest absolute Gasteiger partial charge is 0.268 e. The Labute approximate surface area is 144 Å². The standard InChI is InChI=1S/C18H19N3O4/c1-21-14-6-7-25-16(14)9-15(21)18(23)20-11-17(22)19-10-12-4-3-5-13(8-12)24-2/h3-9H,10-11H2,1-2H3,(H,19,22)(H,20,23). The van der Waals surface area contributed by atoms with Crippen molar-refractivity contribution in [2.45, 2.75) is 6.54 Å². The van der Waals surface area contributed by atoms with E-state index in [4.69, 9.17) is 9.15 Å². The fourth-order valence-corrected chi connectivity index (χ4v) is 2.56. The second-order valence-electron chi connectivity index (χ2n) is 5.57. The molecule has 25 heavy (non-hydrogen) atoms. The predicted octanol–water partition coefficient (Wildman–Crippen LogP) is 1.83. The lowest BCUT2D eigenvalue weighted by molar-refractivity contribution is -0.120. The zero-order chi connectivity index (χ0) is 17.8. The minimum Gasteiger partial charge on any atom is -0.497 e. The molecule has 0 saturated carbocycles. The number of furan rings is 1. The molecular weight excluding hydrogens is 322 g/mol. The van der Waals surface area contributed by atoms with Crippen LogP contribution in [0.25, 0.3) is 11.1 Å². The van der Waals surface area contributed by atoms with Gasteiger partial charge in [-0.2, -0.15) is 0 Å². The number of ether oxygens (including phenoxy) is 1. The van der Waals surface area contributed by atoms with Gasteiger partial charge in [-0.05, 0) is 17.7 Å². The normalized spacial score (nSPS) is 10.6. The van der Waals surface area contributed by atoms with Crippen LogP contribution in [0.5, 0.6) is 5.75 Å². The third-order valence-electron chi connectivity index (χ3n) is 3.93. The molecule has 2 heterocycles. The van der Waals surface area contributed by atoms with Crippen LogP contribution in [0, 0.1) is 0 Å². The van der Waals surface area contributed by atoms with Gasteiger partial charge in [0.2, 0.25) is 5.91 Å². The number of hydrogen-bond acceptors (Lipinski definition) is 4. The molecule has 0 saturated heterocycles. The molecule has 3 aromatic rings. The monoisotopic (exact) mass is 341 g/mol. The highest BCUT2D eigenvalue weighted by atomic mass is 16.5. The van der Waals surface area contributed by atoms with Gasteiger partial charge in [-0.25, -0.2) is 0 Å². The van der Waals surface area contributed by atoms with Crippen molar-refractivity contribution in [2.75, 3.05) is 13.7 Å². The summed E-state index contributed by atoms with van der Waals surface area (Å²) in [6, 6.07) is 10.9. The molecule has 0 spiro atoms. The molecule has 0 aliphatic heterocycles. The first-order valence-corrected chi connectivity index (χ1v) is 7.79. The molecule has 0 aliphatic carbocycles. The summed E-state index contributed by atoms with van der Waals surface area (Å²) in [6.07, 6.45) is 1.57. The molecule has 1 aromatic carbocycles. The van der Waals surface area contributed by atoms with Crippen LogP contribution in [0.1, 0.15) is 16.1 Å². The number of rotatable bonds is 6. The first kappa shape index (κ1) is 16.6. The van der Waals surface area contributed by atoms with Gasteiger partial charge in [0.15, 0.2) is 5.58 Å². The van der Waals surface area contributed by atoms with Crippen LogP contribution >= 0.6 is 0 Å². The molecule has 2 aromatic heterocycles. The van der Waals surface area contributed by atoms with Crippen molar-refractivity contribution < 1.29 is 18.7 Å². The largest absolute Gasteiger partial charge is 0.497 e. The molecule has 0 radical (unpaired) electrons. The van der Waals surface area contributed by atoms with E-state index in [2.05, 4.69) is 10.6 Å². The van der Waals surface area contributed by atoms with E-state index in [1.54, 1.807) is 37.1 Å². The number of nitrogens with zero attached hydrogens (tertiary/aromatic N) is 1. The molecule has 130 valence electrons. The Hall–Kier alpha value is -3.22. The highest BCUT2D eigenvalue weighted by Crippen LogP contribution is 2.19. The fraction of sp³-hybridized carbons (Fsp3) is 0.222. The van der Waals surface area contributed by atoms with Crippen molar-refractivity contribution in [3.8, 4) is 5.75 Å². The molecule has 0 unspecified atom stereocenters. The molecule has 7 nitrogen and oxygen atoms in total. The lowest BCUT2D eigenvalue weighted by Crippen LogP contribution is -2.37. The molecule has 0 aliphatic rings. The highest BCUT2D eigenvalue weighted by molar-refractivity contribution is 5.99. The summed E-state index contributed by atoms with van der Waals surface area (Å²) in [6.45, 7) is 0.262. The van der Waals surface area contributed by atoms with Crippen LogP contribution in [-0.4, -0.2) is 30.0 Å². The Kier molecular flexibility index (Phi) is 4.74. The molecule has 0 atom stereocenters. The first-order valence-electron chi connectivity index (χ1n) is 7.79. The number of aromatic nitrogens is 1. The van der Waals surface area contributed by atoms with Crippen LogP contribution in [0.4, 0.5) is 0 Å². The average Bonchev–Trinajstić information content (AvgIpc) is 3.21. The summed E-state index contributed by atoms with van der Waals surface area (Å²) in [5.74, 6) is 0.132. The zero-order valence-corrected chi connectivity index (χ0v) is 14.0. The Morgan fingerprint density at radius 3 is 2.80 bits per heavy atom. The van der Waals surface area contributed by atoms with E-state index in [9.17, 15) is 9.59 Å². The number of nitrogens with one attached hydrogen (secondary N) is 2. The molecular formula is C18H19N3O4. The average molecular weight is 341 g/mol. The number of fused-ring (bicyclic) bond motifs is 1. The van der Waals surface area contributed by atoms with Gasteiger partial charge in [0.05, 0.1) is 25.4 Å². The van der Waals surface area contributed by atoms with E-state index in [0.29, 0.717) is 17.8 Å². The summed E-state index contributed by atoms with van der Waals surface area (Å²) >= 11 is 0. The van der Waals surface area contributed by atoms with Crippen molar-refractivity contribution in [1.82, 2.24) is 15.2 Å². The van der Waals surface area contributed by atoms with E-state index >= 15 is 0 Å². The lowest BCUT2D eigenvalue weighted by Gasteiger charge is -2.08. The van der Waals surface area contributed by atoms with Gasteiger partial charge >= 0.3 is 0 Å². The zero-order valence-electron chi connectivity index (χ0n) is 14.0. The van der Waals surface area contributed by atoms with E-state index < -0.39 is 0 Å². The summed E-state index contributed by atoms with van der Waals surface area (Å²) in [5.41, 5.74) is 2.82. The van der Waals surface area contributed by atoms with Crippen molar-refractivity contribution in [3.05, 3.63) is 53.9 Å². The summed E-state index contributed by atoms with van der Waals surface area (Å²) in [5, 5.41) is 5.37. The van der Waals surface area contributed by atoms with E-state index in [1.807, 2.05) is 24.3 Å². The molecule has 2 N–H and O–H groups in total. The van der Waals surface area contributed by atoms with Gasteiger partial charge in [0, 0.05) is 25.7 Å². The fourth-order valence-electron chi connectivity index (χ4n) is 2.56. The third kappa shape index (κ3) is 3.65. The van der Waals surface area contributed by atoms with Crippen molar-refractivity contribution >= 4 is 22.9 Å². The molecule has 0 fully saturated rings. The number of carbonyl (C=O) groups excluding carboxylic acids is 2. The second kappa shape index (κ2) is 7.12. The Morgan fingerprint density at radius 1 is 1.20 bits per heavy atom. The topological polar surface area (TPSA) is 85.5 Å². The van der Waals surface area contributed by atoms with Crippen molar-refractivity contribution in [1.29, 1.82) is 0 Å². The molecule has 0 bridgehead atoms. The minimum absolute atomic E-state index is 0.102. The Morgan fingerprint density at radius 2 is 2.04 bits per heavy atom. The van der Waals surface area contributed by atoms with Crippen LogP contribution in [-0.2, 0) is 18.4 Å². The van der Waals surface area contributed by atoms with Gasteiger partial charge in [-0.15, -0.1) is 0 Å². The van der Waals surface area contributed by atoms with Gasteiger partial charge < -0.3 is 24.4 Å². The summed E-state index contributed by atoms with van der Waals surface area (Å²) in [7, 11) is 3.36. The number of methoxy groups -OCH3 is 1. The number of aryl methyl sites for hydroxylation is 1. The number of hydrogen-bond donors (Lipinski definition) is 2. The molecule has 7 heteroatoms. The predicted molar refractivity (Wildman–Crippen MR) is 92.4 cm³/mol. The number of benzene rings is 1. The van der Waals surface area contributed by atoms with Crippen LogP contribution < -0.4 is 15.4 Å². The SMILES string of the molecule is COc1cccc(CNC(=O)CNC(=O)c2cc3occc3n2C)c1. The first-order chi connectivity index (χ1) is 12.1. The van der Waals surface area contributed by atoms with Gasteiger partial charge in [0.1, 0.15) is 11.4 Å². The van der Waals surface area contributed by atoms with Crippen LogP contribution in [0.15, 0.2) is 47.1 Å². The lowest BCUT2D eigenvalue weighted by atomic mass is 10.2. The quantitative estimate of drug-likeness (QED) is 0.716. The van der Waals surface area contributed by atoms with E-state index in [-0.39, 0.29) is 18.4 Å². The van der Waals surface area contributed by atoms with Crippen LogP contribution in [0.3, 0.4) is 0 Å². The number of carbonyl (C=O) groups is 2. The minimum atomic E-state index is -0.328. The Balaban J connectivity index is 1.52. The van der Waals surface area contributed by atoms with Gasteiger partial charge in [-0.1, -0.05) is 12.1 Å². The summed E-state index contributed by atoms with van der Waals surface area (Å²) < 4.78 is 12.1. The molecule has 3 rings (SSSR count). The van der Waals surface area contributed by atoms with Crippen LogP contribution in [0.2, 0.25) is 0 Å².